The Hall–Kier alpha value is -0.520. The number of hydrogen-bond acceptors (Lipinski definition) is 0. The molecule has 48 valence electrons. The highest BCUT2D eigenvalue weighted by atomic mass is 14.3. The molecule has 0 aromatic rings. The van der Waals surface area contributed by atoms with Gasteiger partial charge in [-0.05, 0) is 24.7 Å². The van der Waals surface area contributed by atoms with E-state index in [9.17, 15) is 0 Å². The molecule has 0 heterocycles. The molecule has 2 aliphatic rings. The molecule has 0 aromatic heterocycles. The van der Waals surface area contributed by atoms with Gasteiger partial charge in [-0.15, -0.1) is 0 Å². The molecule has 2 bridgehead atoms. The van der Waals surface area contributed by atoms with Gasteiger partial charge < -0.3 is 0 Å². The molecule has 0 heteroatoms. The van der Waals surface area contributed by atoms with Crippen LogP contribution in [0.4, 0.5) is 0 Å². The first-order valence-electron chi connectivity index (χ1n) is 3.79. The van der Waals surface area contributed by atoms with E-state index in [1.54, 1.807) is 5.57 Å². The zero-order valence-corrected chi connectivity index (χ0v) is 5.80. The Balaban J connectivity index is 2.22. The van der Waals surface area contributed by atoms with E-state index in [1.165, 1.54) is 12.8 Å². The SMILES string of the molecule is CCC1=CC2C=CC1C2. The molecule has 0 saturated carbocycles. The predicted molar refractivity (Wildman–Crippen MR) is 39.1 cm³/mol. The molecule has 0 aromatic carbocycles. The van der Waals surface area contributed by atoms with E-state index in [1.807, 2.05) is 0 Å². The summed E-state index contributed by atoms with van der Waals surface area (Å²) in [7, 11) is 0. The van der Waals surface area contributed by atoms with Crippen LogP contribution in [0.1, 0.15) is 19.8 Å². The molecule has 0 N–H and O–H groups in total. The summed E-state index contributed by atoms with van der Waals surface area (Å²) in [5.41, 5.74) is 1.67. The highest BCUT2D eigenvalue weighted by molar-refractivity contribution is 5.29. The molecule has 0 amide bonds. The van der Waals surface area contributed by atoms with Crippen LogP contribution in [0.15, 0.2) is 23.8 Å². The number of fused-ring (bicyclic) bond motifs is 2. The third-order valence-corrected chi connectivity index (χ3v) is 2.43. The second-order valence-corrected chi connectivity index (χ2v) is 2.99. The standard InChI is InChI=1S/C9H12/c1-2-8-5-7-3-4-9(8)6-7/h3-5,7,9H,2,6H2,1H3. The molecular formula is C9H12. The van der Waals surface area contributed by atoms with Gasteiger partial charge in [0.15, 0.2) is 0 Å². The fourth-order valence-electron chi connectivity index (χ4n) is 1.90. The van der Waals surface area contributed by atoms with Crippen molar-refractivity contribution in [1.29, 1.82) is 0 Å². The monoisotopic (exact) mass is 120 g/mol. The maximum absolute atomic E-state index is 2.44. The molecule has 0 saturated heterocycles. The zero-order chi connectivity index (χ0) is 6.27. The Morgan fingerprint density at radius 3 is 2.78 bits per heavy atom. The van der Waals surface area contributed by atoms with Crippen molar-refractivity contribution in [3.05, 3.63) is 23.8 Å². The van der Waals surface area contributed by atoms with Crippen LogP contribution in [0.2, 0.25) is 0 Å². The fourth-order valence-corrected chi connectivity index (χ4v) is 1.90. The Morgan fingerprint density at radius 2 is 2.44 bits per heavy atom. The summed E-state index contributed by atoms with van der Waals surface area (Å²) in [6.45, 7) is 2.25. The summed E-state index contributed by atoms with van der Waals surface area (Å²) < 4.78 is 0. The van der Waals surface area contributed by atoms with Crippen LogP contribution in [0.5, 0.6) is 0 Å². The van der Waals surface area contributed by atoms with Crippen LogP contribution >= 0.6 is 0 Å². The maximum Gasteiger partial charge on any atom is -0.00144 e. The van der Waals surface area contributed by atoms with Gasteiger partial charge in [0.05, 0.1) is 0 Å². The average Bonchev–Trinajstić information content (AvgIpc) is 2.45. The van der Waals surface area contributed by atoms with Gasteiger partial charge >= 0.3 is 0 Å². The lowest BCUT2D eigenvalue weighted by Gasteiger charge is -2.04. The number of hydrogen-bond donors (Lipinski definition) is 0. The van der Waals surface area contributed by atoms with Crippen LogP contribution in [-0.4, -0.2) is 0 Å². The van der Waals surface area contributed by atoms with Gasteiger partial charge in [-0.25, -0.2) is 0 Å². The normalized spacial score (nSPS) is 37.7. The minimum atomic E-state index is 0.810. The quantitative estimate of drug-likeness (QED) is 0.466. The third-order valence-electron chi connectivity index (χ3n) is 2.43. The molecule has 0 radical (unpaired) electrons. The van der Waals surface area contributed by atoms with Crippen molar-refractivity contribution in [3.8, 4) is 0 Å². The van der Waals surface area contributed by atoms with Crippen LogP contribution < -0.4 is 0 Å². The molecule has 9 heavy (non-hydrogen) atoms. The van der Waals surface area contributed by atoms with E-state index in [4.69, 9.17) is 0 Å². The van der Waals surface area contributed by atoms with Gasteiger partial charge in [-0.3, -0.25) is 0 Å². The summed E-state index contributed by atoms with van der Waals surface area (Å²) >= 11 is 0. The first-order chi connectivity index (χ1) is 4.40. The van der Waals surface area contributed by atoms with Gasteiger partial charge in [-0.1, -0.05) is 30.7 Å². The topological polar surface area (TPSA) is 0 Å². The van der Waals surface area contributed by atoms with Gasteiger partial charge in [0.1, 0.15) is 0 Å². The maximum atomic E-state index is 2.44. The second kappa shape index (κ2) is 1.73. The Bertz CT molecular complexity index is 174. The lowest BCUT2D eigenvalue weighted by atomic mass is 10.0. The van der Waals surface area contributed by atoms with E-state index in [0.29, 0.717) is 0 Å². The first-order valence-corrected chi connectivity index (χ1v) is 3.79. The van der Waals surface area contributed by atoms with E-state index >= 15 is 0 Å². The molecule has 0 fully saturated rings. The van der Waals surface area contributed by atoms with Crippen molar-refractivity contribution in [1.82, 2.24) is 0 Å². The minimum Gasteiger partial charge on any atom is -0.0810 e. The zero-order valence-electron chi connectivity index (χ0n) is 5.80. The van der Waals surface area contributed by atoms with Crippen molar-refractivity contribution >= 4 is 0 Å². The lowest BCUT2D eigenvalue weighted by molar-refractivity contribution is 0.701. The van der Waals surface area contributed by atoms with Gasteiger partial charge in [-0.2, -0.15) is 0 Å². The summed E-state index contributed by atoms with van der Waals surface area (Å²) in [5, 5.41) is 0. The van der Waals surface area contributed by atoms with Gasteiger partial charge in [0.2, 0.25) is 0 Å². The molecule has 0 spiro atoms. The smallest absolute Gasteiger partial charge is 0.00144 e. The van der Waals surface area contributed by atoms with Crippen molar-refractivity contribution in [2.24, 2.45) is 11.8 Å². The second-order valence-electron chi connectivity index (χ2n) is 2.99. The molecule has 2 rings (SSSR count). The fraction of sp³-hybridized carbons (Fsp3) is 0.556. The molecule has 2 aliphatic carbocycles. The van der Waals surface area contributed by atoms with E-state index in [0.717, 1.165) is 11.8 Å². The molecule has 2 unspecified atom stereocenters. The van der Waals surface area contributed by atoms with Crippen LogP contribution in [-0.2, 0) is 0 Å². The third kappa shape index (κ3) is 0.658. The minimum absolute atomic E-state index is 0.810. The van der Waals surface area contributed by atoms with Crippen molar-refractivity contribution in [3.63, 3.8) is 0 Å². The average molecular weight is 120 g/mol. The summed E-state index contributed by atoms with van der Waals surface area (Å²) in [4.78, 5) is 0. The molecular weight excluding hydrogens is 108 g/mol. The van der Waals surface area contributed by atoms with Crippen molar-refractivity contribution in [2.45, 2.75) is 19.8 Å². The van der Waals surface area contributed by atoms with E-state index in [-0.39, 0.29) is 0 Å². The summed E-state index contributed by atoms with van der Waals surface area (Å²) in [6.07, 6.45) is 9.77. The summed E-state index contributed by atoms with van der Waals surface area (Å²) in [6, 6.07) is 0. The van der Waals surface area contributed by atoms with E-state index < -0.39 is 0 Å². The number of rotatable bonds is 1. The molecule has 2 atom stereocenters. The highest BCUT2D eigenvalue weighted by Crippen LogP contribution is 2.39. The van der Waals surface area contributed by atoms with Gasteiger partial charge in [0, 0.05) is 0 Å². The van der Waals surface area contributed by atoms with Crippen LogP contribution in [0, 0.1) is 11.8 Å². The van der Waals surface area contributed by atoms with Crippen molar-refractivity contribution in [2.75, 3.05) is 0 Å². The Morgan fingerprint density at radius 1 is 1.56 bits per heavy atom. The Labute approximate surface area is 56.3 Å². The first kappa shape index (κ1) is 5.28. The van der Waals surface area contributed by atoms with Crippen LogP contribution in [0.25, 0.3) is 0 Å². The lowest BCUT2D eigenvalue weighted by Crippen LogP contribution is -1.90. The highest BCUT2D eigenvalue weighted by Gasteiger charge is 2.26. The Kier molecular flexibility index (Phi) is 1.01. The summed E-state index contributed by atoms with van der Waals surface area (Å²) in [5.74, 6) is 1.64. The van der Waals surface area contributed by atoms with E-state index in [2.05, 4.69) is 25.2 Å². The number of allylic oxidation sites excluding steroid dienone is 4. The van der Waals surface area contributed by atoms with Gasteiger partial charge in [0.25, 0.3) is 0 Å². The van der Waals surface area contributed by atoms with Crippen LogP contribution in [0.3, 0.4) is 0 Å². The largest absolute Gasteiger partial charge is 0.0810 e. The molecule has 0 aliphatic heterocycles. The van der Waals surface area contributed by atoms with Crippen molar-refractivity contribution < 1.29 is 0 Å². The predicted octanol–water partition coefficient (Wildman–Crippen LogP) is 2.53. The molecule has 0 nitrogen and oxygen atoms in total.